The summed E-state index contributed by atoms with van der Waals surface area (Å²) >= 11 is 0. The van der Waals surface area contributed by atoms with Gasteiger partial charge in [-0.25, -0.2) is 18.2 Å². The van der Waals surface area contributed by atoms with E-state index in [1.165, 1.54) is 18.2 Å². The molecule has 1 heterocycles. The molecule has 3 rings (SSSR count). The quantitative estimate of drug-likeness (QED) is 0.779. The van der Waals surface area contributed by atoms with Crippen LogP contribution in [0.25, 0.3) is 11.3 Å². The van der Waals surface area contributed by atoms with Crippen LogP contribution in [0.5, 0.6) is 0 Å². The van der Waals surface area contributed by atoms with Crippen molar-refractivity contribution in [2.24, 2.45) is 0 Å². The van der Waals surface area contributed by atoms with Crippen LogP contribution < -0.4 is 10.9 Å². The number of carbonyl (C=O) groups is 1. The van der Waals surface area contributed by atoms with Gasteiger partial charge in [0, 0.05) is 17.7 Å². The molecule has 5 nitrogen and oxygen atoms in total. The number of amides is 1. The molecule has 0 aliphatic carbocycles. The zero-order chi connectivity index (χ0) is 18.7. The third kappa shape index (κ3) is 3.80. The van der Waals surface area contributed by atoms with Gasteiger partial charge in [0.05, 0.1) is 17.7 Å². The van der Waals surface area contributed by atoms with Crippen molar-refractivity contribution >= 4 is 11.6 Å². The topological polar surface area (TPSA) is 64.0 Å². The van der Waals surface area contributed by atoms with Gasteiger partial charge in [-0.2, -0.15) is 0 Å². The van der Waals surface area contributed by atoms with Gasteiger partial charge >= 0.3 is 0 Å². The van der Waals surface area contributed by atoms with Crippen LogP contribution in [0.15, 0.2) is 59.7 Å². The van der Waals surface area contributed by atoms with Crippen LogP contribution in [-0.2, 0) is 11.3 Å². The summed E-state index contributed by atoms with van der Waals surface area (Å²) < 4.78 is 41.4. The first-order chi connectivity index (χ1) is 12.4. The van der Waals surface area contributed by atoms with E-state index in [1.54, 1.807) is 6.07 Å². The standard InChI is InChI=1S/C18H12F3N3O2/c19-11-5-6-14(21)16(7-11)23-17(25)9-24-10-22-15(8-18(24)26)12-3-1-2-4-13(12)20/h1-8,10H,9H2,(H,23,25). The molecule has 132 valence electrons. The zero-order valence-corrected chi connectivity index (χ0v) is 13.2. The van der Waals surface area contributed by atoms with Gasteiger partial charge < -0.3 is 5.32 Å². The average Bonchev–Trinajstić information content (AvgIpc) is 2.60. The maximum atomic E-state index is 13.8. The molecular formula is C18H12F3N3O2. The van der Waals surface area contributed by atoms with E-state index >= 15 is 0 Å². The van der Waals surface area contributed by atoms with Crippen LogP contribution in [0.4, 0.5) is 18.9 Å². The Morgan fingerprint density at radius 1 is 1.04 bits per heavy atom. The van der Waals surface area contributed by atoms with Gasteiger partial charge in [0.15, 0.2) is 0 Å². The summed E-state index contributed by atoms with van der Waals surface area (Å²) in [6, 6.07) is 9.54. The molecule has 0 spiro atoms. The van der Waals surface area contributed by atoms with E-state index < -0.39 is 35.5 Å². The summed E-state index contributed by atoms with van der Waals surface area (Å²) in [6.45, 7) is -0.459. The molecule has 0 bridgehead atoms. The number of anilines is 1. The van der Waals surface area contributed by atoms with Gasteiger partial charge in [0.1, 0.15) is 24.0 Å². The molecule has 0 unspecified atom stereocenters. The third-order valence-electron chi connectivity index (χ3n) is 3.55. The van der Waals surface area contributed by atoms with Crippen molar-refractivity contribution in [2.45, 2.75) is 6.54 Å². The predicted octanol–water partition coefficient (Wildman–Crippen LogP) is 2.97. The minimum absolute atomic E-state index is 0.126. The second-order valence-electron chi connectivity index (χ2n) is 5.39. The molecule has 0 saturated heterocycles. The fourth-order valence-corrected chi connectivity index (χ4v) is 2.30. The Balaban J connectivity index is 1.78. The molecule has 1 amide bonds. The second-order valence-corrected chi connectivity index (χ2v) is 5.39. The predicted molar refractivity (Wildman–Crippen MR) is 88.9 cm³/mol. The maximum absolute atomic E-state index is 13.8. The largest absolute Gasteiger partial charge is 0.322 e. The zero-order valence-electron chi connectivity index (χ0n) is 13.2. The van der Waals surface area contributed by atoms with Crippen LogP contribution in [-0.4, -0.2) is 15.5 Å². The van der Waals surface area contributed by atoms with E-state index in [0.717, 1.165) is 35.2 Å². The summed E-state index contributed by atoms with van der Waals surface area (Å²) in [6.07, 6.45) is 1.09. The molecule has 2 aromatic carbocycles. The first kappa shape index (κ1) is 17.4. The van der Waals surface area contributed by atoms with Crippen molar-refractivity contribution in [3.8, 4) is 11.3 Å². The van der Waals surface area contributed by atoms with Gasteiger partial charge in [0.2, 0.25) is 5.91 Å². The first-order valence-electron chi connectivity index (χ1n) is 7.50. The third-order valence-corrected chi connectivity index (χ3v) is 3.55. The monoisotopic (exact) mass is 359 g/mol. The van der Waals surface area contributed by atoms with E-state index in [1.807, 2.05) is 0 Å². The van der Waals surface area contributed by atoms with Crippen molar-refractivity contribution in [3.05, 3.63) is 82.7 Å². The Hall–Kier alpha value is -3.42. The lowest BCUT2D eigenvalue weighted by atomic mass is 10.1. The van der Waals surface area contributed by atoms with E-state index in [2.05, 4.69) is 10.3 Å². The number of carbonyl (C=O) groups excluding carboxylic acids is 1. The number of nitrogens with one attached hydrogen (secondary N) is 1. The maximum Gasteiger partial charge on any atom is 0.254 e. The molecule has 0 atom stereocenters. The van der Waals surface area contributed by atoms with Crippen molar-refractivity contribution in [2.75, 3.05) is 5.32 Å². The van der Waals surface area contributed by atoms with Crippen LogP contribution >= 0.6 is 0 Å². The molecule has 0 radical (unpaired) electrons. The number of hydrogen-bond acceptors (Lipinski definition) is 3. The van der Waals surface area contributed by atoms with Crippen molar-refractivity contribution in [3.63, 3.8) is 0 Å². The number of halogens is 3. The minimum Gasteiger partial charge on any atom is -0.322 e. The van der Waals surface area contributed by atoms with Gasteiger partial charge in [-0.3, -0.25) is 14.2 Å². The van der Waals surface area contributed by atoms with Gasteiger partial charge in [-0.05, 0) is 24.3 Å². The summed E-state index contributed by atoms with van der Waals surface area (Å²) in [5.41, 5.74) is -0.643. The van der Waals surface area contributed by atoms with Crippen LogP contribution in [0.2, 0.25) is 0 Å². The number of aromatic nitrogens is 2. The highest BCUT2D eigenvalue weighted by molar-refractivity contribution is 5.90. The first-order valence-corrected chi connectivity index (χ1v) is 7.50. The lowest BCUT2D eigenvalue weighted by Gasteiger charge is -2.09. The molecule has 8 heteroatoms. The Morgan fingerprint density at radius 3 is 2.54 bits per heavy atom. The van der Waals surface area contributed by atoms with Gasteiger partial charge in [0.25, 0.3) is 5.56 Å². The summed E-state index contributed by atoms with van der Waals surface area (Å²) in [7, 11) is 0. The SMILES string of the molecule is O=C(Cn1cnc(-c2ccccc2F)cc1=O)Nc1cc(F)ccc1F. The van der Waals surface area contributed by atoms with E-state index in [4.69, 9.17) is 0 Å². The molecule has 1 N–H and O–H groups in total. The fourth-order valence-electron chi connectivity index (χ4n) is 2.30. The van der Waals surface area contributed by atoms with E-state index in [9.17, 15) is 22.8 Å². The smallest absolute Gasteiger partial charge is 0.254 e. The molecule has 26 heavy (non-hydrogen) atoms. The Kier molecular flexibility index (Phi) is 4.83. The van der Waals surface area contributed by atoms with Crippen molar-refractivity contribution in [1.82, 2.24) is 9.55 Å². The van der Waals surface area contributed by atoms with Crippen LogP contribution in [0.1, 0.15) is 0 Å². The molecule has 0 saturated carbocycles. The lowest BCUT2D eigenvalue weighted by Crippen LogP contribution is -2.27. The summed E-state index contributed by atoms with van der Waals surface area (Å²) in [4.78, 5) is 28.1. The number of hydrogen-bond donors (Lipinski definition) is 1. The summed E-state index contributed by atoms with van der Waals surface area (Å²) in [5, 5.41) is 2.18. The lowest BCUT2D eigenvalue weighted by molar-refractivity contribution is -0.116. The Morgan fingerprint density at radius 2 is 1.81 bits per heavy atom. The number of rotatable bonds is 4. The molecule has 1 aromatic heterocycles. The Bertz CT molecular complexity index is 1030. The number of benzene rings is 2. The van der Waals surface area contributed by atoms with Crippen molar-refractivity contribution in [1.29, 1.82) is 0 Å². The van der Waals surface area contributed by atoms with Crippen molar-refractivity contribution < 1.29 is 18.0 Å². The van der Waals surface area contributed by atoms with Gasteiger partial charge in [-0.1, -0.05) is 12.1 Å². The minimum atomic E-state index is -0.805. The number of nitrogens with zero attached hydrogens (tertiary/aromatic N) is 2. The average molecular weight is 359 g/mol. The van der Waals surface area contributed by atoms with Crippen LogP contribution in [0, 0.1) is 17.5 Å². The Labute approximate surface area is 145 Å². The molecular weight excluding hydrogens is 347 g/mol. The molecule has 0 fully saturated rings. The van der Waals surface area contributed by atoms with Gasteiger partial charge in [-0.15, -0.1) is 0 Å². The highest BCUT2D eigenvalue weighted by Crippen LogP contribution is 2.18. The molecule has 0 aliphatic heterocycles. The van der Waals surface area contributed by atoms with E-state index in [0.29, 0.717) is 0 Å². The highest BCUT2D eigenvalue weighted by Gasteiger charge is 2.12. The van der Waals surface area contributed by atoms with Crippen LogP contribution in [0.3, 0.4) is 0 Å². The summed E-state index contributed by atoms with van der Waals surface area (Å²) in [5.74, 6) is -2.79. The highest BCUT2D eigenvalue weighted by atomic mass is 19.1. The van der Waals surface area contributed by atoms with E-state index in [-0.39, 0.29) is 16.9 Å². The normalized spacial score (nSPS) is 10.6. The fraction of sp³-hybridized carbons (Fsp3) is 0.0556. The molecule has 3 aromatic rings. The second kappa shape index (κ2) is 7.22. The molecule has 0 aliphatic rings.